The van der Waals surface area contributed by atoms with Gasteiger partial charge in [0.25, 0.3) is 0 Å². The summed E-state index contributed by atoms with van der Waals surface area (Å²) in [6.07, 6.45) is 2.99. The second-order valence-electron chi connectivity index (χ2n) is 6.02. The van der Waals surface area contributed by atoms with Gasteiger partial charge in [-0.1, -0.05) is 39.3 Å². The summed E-state index contributed by atoms with van der Waals surface area (Å²) in [7, 11) is 1.70. The molecule has 1 aromatic heterocycles. The van der Waals surface area contributed by atoms with Crippen molar-refractivity contribution in [2.45, 2.75) is 71.9 Å². The minimum absolute atomic E-state index is 0.0702. The van der Waals surface area contributed by atoms with Crippen molar-refractivity contribution in [2.24, 2.45) is 5.92 Å². The Labute approximate surface area is 128 Å². The summed E-state index contributed by atoms with van der Waals surface area (Å²) < 4.78 is 11.0. The van der Waals surface area contributed by atoms with E-state index >= 15 is 0 Å². The van der Waals surface area contributed by atoms with Crippen LogP contribution in [0.15, 0.2) is 4.52 Å². The molecule has 21 heavy (non-hydrogen) atoms. The Hall–Kier alpha value is -0.940. The Morgan fingerprint density at radius 3 is 2.43 bits per heavy atom. The molecule has 1 aromatic rings. The maximum Gasteiger partial charge on any atom is 0.231 e. The van der Waals surface area contributed by atoms with Gasteiger partial charge in [-0.15, -0.1) is 0 Å². The van der Waals surface area contributed by atoms with Crippen LogP contribution in [-0.2, 0) is 4.74 Å². The number of ether oxygens (including phenoxy) is 1. The molecule has 0 amide bonds. The van der Waals surface area contributed by atoms with Crippen LogP contribution >= 0.6 is 0 Å². The molecule has 0 bridgehead atoms. The fraction of sp³-hybridized carbons (Fsp3) is 0.875. The third-order valence-electron chi connectivity index (χ3n) is 3.84. The lowest BCUT2D eigenvalue weighted by atomic mass is 9.89. The Morgan fingerprint density at radius 2 is 1.90 bits per heavy atom. The third kappa shape index (κ3) is 5.08. The van der Waals surface area contributed by atoms with Gasteiger partial charge in [-0.2, -0.15) is 4.98 Å². The van der Waals surface area contributed by atoms with Gasteiger partial charge in [0.2, 0.25) is 11.7 Å². The molecule has 1 heterocycles. The van der Waals surface area contributed by atoms with E-state index in [2.05, 4.69) is 50.1 Å². The number of nitrogens with zero attached hydrogens (tertiary/aromatic N) is 2. The minimum atomic E-state index is -0.0702. The molecule has 5 nitrogen and oxygen atoms in total. The van der Waals surface area contributed by atoms with Crippen LogP contribution in [0.5, 0.6) is 0 Å². The minimum Gasteiger partial charge on any atom is -0.373 e. The molecule has 0 fully saturated rings. The van der Waals surface area contributed by atoms with Crippen LogP contribution in [0.3, 0.4) is 0 Å². The topological polar surface area (TPSA) is 60.2 Å². The largest absolute Gasteiger partial charge is 0.373 e. The first-order chi connectivity index (χ1) is 10.0. The van der Waals surface area contributed by atoms with Crippen molar-refractivity contribution >= 4 is 0 Å². The lowest BCUT2D eigenvalue weighted by Crippen LogP contribution is -2.35. The molecule has 3 unspecified atom stereocenters. The SMILES string of the molecule is CCCNC(C)C(c1nc(C(CCC)OC)no1)C(C)C. The molecule has 0 aliphatic heterocycles. The molecule has 1 rings (SSSR count). The zero-order chi connectivity index (χ0) is 15.8. The number of methoxy groups -OCH3 is 1. The number of aromatic nitrogens is 2. The predicted octanol–water partition coefficient (Wildman–Crippen LogP) is 3.68. The summed E-state index contributed by atoms with van der Waals surface area (Å²) in [5.74, 6) is 2.04. The van der Waals surface area contributed by atoms with Gasteiger partial charge >= 0.3 is 0 Å². The number of nitrogens with one attached hydrogen (secondary N) is 1. The quantitative estimate of drug-likeness (QED) is 0.713. The summed E-state index contributed by atoms with van der Waals surface area (Å²) in [5.41, 5.74) is 0. The molecule has 0 saturated heterocycles. The Bertz CT molecular complexity index is 393. The highest BCUT2D eigenvalue weighted by atomic mass is 16.5. The molecule has 0 aliphatic rings. The highest BCUT2D eigenvalue weighted by Crippen LogP contribution is 2.28. The van der Waals surface area contributed by atoms with E-state index in [4.69, 9.17) is 9.26 Å². The molecule has 0 aliphatic carbocycles. The molecule has 5 heteroatoms. The zero-order valence-corrected chi connectivity index (χ0v) is 14.3. The first-order valence-corrected chi connectivity index (χ1v) is 8.14. The van der Waals surface area contributed by atoms with Gasteiger partial charge in [0.05, 0.1) is 5.92 Å². The normalized spacial score (nSPS) is 16.1. The van der Waals surface area contributed by atoms with Crippen molar-refractivity contribution < 1.29 is 9.26 Å². The van der Waals surface area contributed by atoms with Crippen molar-refractivity contribution in [3.05, 3.63) is 11.7 Å². The smallest absolute Gasteiger partial charge is 0.231 e. The average Bonchev–Trinajstić information content (AvgIpc) is 2.91. The van der Waals surface area contributed by atoms with Crippen LogP contribution in [0.25, 0.3) is 0 Å². The highest BCUT2D eigenvalue weighted by molar-refractivity contribution is 5.01. The van der Waals surface area contributed by atoms with E-state index in [1.54, 1.807) is 7.11 Å². The Morgan fingerprint density at radius 1 is 1.19 bits per heavy atom. The predicted molar refractivity (Wildman–Crippen MR) is 84.3 cm³/mol. The highest BCUT2D eigenvalue weighted by Gasteiger charge is 2.29. The molecular weight excluding hydrogens is 266 g/mol. The van der Waals surface area contributed by atoms with E-state index in [1.165, 1.54) is 0 Å². The van der Waals surface area contributed by atoms with Gasteiger partial charge in [-0.3, -0.25) is 0 Å². The maximum absolute atomic E-state index is 5.54. The molecule has 122 valence electrons. The Kier molecular flexibility index (Phi) is 7.89. The van der Waals surface area contributed by atoms with Gasteiger partial charge < -0.3 is 14.6 Å². The summed E-state index contributed by atoms with van der Waals surface area (Å²) in [6.45, 7) is 11.9. The van der Waals surface area contributed by atoms with Crippen LogP contribution in [0.2, 0.25) is 0 Å². The molecule has 3 atom stereocenters. The third-order valence-corrected chi connectivity index (χ3v) is 3.84. The summed E-state index contributed by atoms with van der Waals surface area (Å²) in [6, 6.07) is 0.311. The van der Waals surface area contributed by atoms with Crippen LogP contribution < -0.4 is 5.32 Å². The summed E-state index contributed by atoms with van der Waals surface area (Å²) in [5, 5.41) is 7.66. The molecule has 0 radical (unpaired) electrons. The van der Waals surface area contributed by atoms with Crippen molar-refractivity contribution in [3.8, 4) is 0 Å². The van der Waals surface area contributed by atoms with E-state index in [-0.39, 0.29) is 12.0 Å². The second kappa shape index (κ2) is 9.15. The maximum atomic E-state index is 5.54. The molecule has 0 spiro atoms. The van der Waals surface area contributed by atoms with Gasteiger partial charge in [0.1, 0.15) is 6.10 Å². The molecule has 0 aromatic carbocycles. The van der Waals surface area contributed by atoms with E-state index in [1.807, 2.05) is 0 Å². The van der Waals surface area contributed by atoms with Gasteiger partial charge in [0, 0.05) is 13.2 Å². The lowest BCUT2D eigenvalue weighted by molar-refractivity contribution is 0.0854. The van der Waals surface area contributed by atoms with Gasteiger partial charge in [-0.05, 0) is 32.2 Å². The summed E-state index contributed by atoms with van der Waals surface area (Å²) >= 11 is 0. The molecular formula is C16H31N3O2. The van der Waals surface area contributed by atoms with Crippen molar-refractivity contribution in [1.82, 2.24) is 15.5 Å². The van der Waals surface area contributed by atoms with Crippen molar-refractivity contribution in [1.29, 1.82) is 0 Å². The van der Waals surface area contributed by atoms with Gasteiger partial charge in [-0.25, -0.2) is 0 Å². The van der Waals surface area contributed by atoms with E-state index in [9.17, 15) is 0 Å². The molecule has 1 N–H and O–H groups in total. The van der Waals surface area contributed by atoms with E-state index in [0.717, 1.165) is 25.8 Å². The first-order valence-electron chi connectivity index (χ1n) is 8.14. The second-order valence-corrected chi connectivity index (χ2v) is 6.02. The van der Waals surface area contributed by atoms with Crippen LogP contribution in [-0.4, -0.2) is 29.8 Å². The Balaban J connectivity index is 2.87. The number of hydrogen-bond donors (Lipinski definition) is 1. The number of rotatable bonds is 10. The lowest BCUT2D eigenvalue weighted by Gasteiger charge is -2.25. The van der Waals surface area contributed by atoms with Crippen molar-refractivity contribution in [3.63, 3.8) is 0 Å². The van der Waals surface area contributed by atoms with Crippen LogP contribution in [0.1, 0.15) is 77.6 Å². The number of hydrogen-bond acceptors (Lipinski definition) is 5. The van der Waals surface area contributed by atoms with Crippen molar-refractivity contribution in [2.75, 3.05) is 13.7 Å². The van der Waals surface area contributed by atoms with Gasteiger partial charge in [0.15, 0.2) is 0 Å². The fourth-order valence-electron chi connectivity index (χ4n) is 2.70. The zero-order valence-electron chi connectivity index (χ0n) is 14.3. The molecule has 0 saturated carbocycles. The van der Waals surface area contributed by atoms with E-state index < -0.39 is 0 Å². The first kappa shape index (κ1) is 18.1. The standard InChI is InChI=1S/C16H31N3O2/c1-7-9-13(20-6)15-18-16(21-19-15)14(11(3)4)12(5)17-10-8-2/h11-14,17H,7-10H2,1-6H3. The van der Waals surface area contributed by atoms with E-state index in [0.29, 0.717) is 23.7 Å². The summed E-state index contributed by atoms with van der Waals surface area (Å²) in [4.78, 5) is 4.61. The van der Waals surface area contributed by atoms with Crippen LogP contribution in [0.4, 0.5) is 0 Å². The average molecular weight is 297 g/mol. The monoisotopic (exact) mass is 297 g/mol. The fourth-order valence-corrected chi connectivity index (χ4v) is 2.70. The van der Waals surface area contributed by atoms with Crippen LogP contribution in [0, 0.1) is 5.92 Å².